The van der Waals surface area contributed by atoms with Crippen LogP contribution in [-0.4, -0.2) is 31.1 Å². The average molecular weight is 288 g/mol. The zero-order chi connectivity index (χ0) is 14.5. The quantitative estimate of drug-likeness (QED) is 0.753. The summed E-state index contributed by atoms with van der Waals surface area (Å²) < 4.78 is 5.61. The van der Waals surface area contributed by atoms with Crippen molar-refractivity contribution in [2.75, 3.05) is 13.2 Å². The summed E-state index contributed by atoms with van der Waals surface area (Å²) in [6.07, 6.45) is 4.28. The molecular weight excluding hydrogens is 264 g/mol. The molecule has 3 rings (SSSR count). The van der Waals surface area contributed by atoms with Crippen LogP contribution in [0, 0.1) is 5.92 Å². The molecule has 4 nitrogen and oxygen atoms in total. The van der Waals surface area contributed by atoms with Crippen LogP contribution < -0.4 is 10.6 Å². The Morgan fingerprint density at radius 1 is 1.29 bits per heavy atom. The summed E-state index contributed by atoms with van der Waals surface area (Å²) in [6.45, 7) is 2.04. The molecule has 1 amide bonds. The maximum Gasteiger partial charge on any atom is 0.224 e. The van der Waals surface area contributed by atoms with Crippen molar-refractivity contribution in [2.24, 2.45) is 5.92 Å². The summed E-state index contributed by atoms with van der Waals surface area (Å²) in [5, 5.41) is 6.55. The highest BCUT2D eigenvalue weighted by molar-refractivity contribution is 5.80. The number of ether oxygens (including phenoxy) is 1. The Hall–Kier alpha value is -1.39. The van der Waals surface area contributed by atoms with Gasteiger partial charge in [0, 0.05) is 25.2 Å². The van der Waals surface area contributed by atoms with E-state index in [-0.39, 0.29) is 11.8 Å². The number of hydrogen-bond acceptors (Lipinski definition) is 3. The first-order valence-electron chi connectivity index (χ1n) is 7.98. The molecule has 3 unspecified atom stereocenters. The van der Waals surface area contributed by atoms with Crippen molar-refractivity contribution in [2.45, 2.75) is 44.4 Å². The zero-order valence-corrected chi connectivity index (χ0v) is 12.4. The van der Waals surface area contributed by atoms with E-state index in [0.29, 0.717) is 31.8 Å². The van der Waals surface area contributed by atoms with Crippen LogP contribution in [0.25, 0.3) is 0 Å². The standard InChI is InChI=1S/C17H24N2O2/c20-17(15-11-14-7-8-16(15)19-14)18-9-4-10-21-12-13-5-2-1-3-6-13/h1-3,5-6,14-16,19H,4,7-12H2,(H,18,20). The van der Waals surface area contributed by atoms with Gasteiger partial charge in [0.2, 0.25) is 5.91 Å². The summed E-state index contributed by atoms with van der Waals surface area (Å²) in [6, 6.07) is 11.2. The molecule has 2 saturated heterocycles. The first kappa shape index (κ1) is 14.5. The lowest BCUT2D eigenvalue weighted by Crippen LogP contribution is -2.38. The maximum absolute atomic E-state index is 12.1. The molecule has 2 bridgehead atoms. The Bertz CT molecular complexity index is 463. The number of benzene rings is 1. The molecule has 114 valence electrons. The molecule has 2 fully saturated rings. The van der Waals surface area contributed by atoms with Gasteiger partial charge in [-0.1, -0.05) is 30.3 Å². The Morgan fingerprint density at radius 2 is 2.14 bits per heavy atom. The minimum absolute atomic E-state index is 0.189. The minimum atomic E-state index is 0.189. The van der Waals surface area contributed by atoms with Crippen molar-refractivity contribution in [3.63, 3.8) is 0 Å². The van der Waals surface area contributed by atoms with Crippen LogP contribution in [0.15, 0.2) is 30.3 Å². The molecule has 2 N–H and O–H groups in total. The highest BCUT2D eigenvalue weighted by Gasteiger charge is 2.42. The lowest BCUT2D eigenvalue weighted by Gasteiger charge is -2.19. The van der Waals surface area contributed by atoms with E-state index in [0.717, 1.165) is 19.3 Å². The van der Waals surface area contributed by atoms with E-state index in [1.807, 2.05) is 18.2 Å². The maximum atomic E-state index is 12.1. The van der Waals surface area contributed by atoms with Crippen LogP contribution in [0.5, 0.6) is 0 Å². The Kier molecular flexibility index (Phi) is 4.88. The second-order valence-electron chi connectivity index (χ2n) is 6.07. The second-order valence-corrected chi connectivity index (χ2v) is 6.07. The van der Waals surface area contributed by atoms with Crippen molar-refractivity contribution in [1.82, 2.24) is 10.6 Å². The molecule has 1 aromatic carbocycles. The molecule has 2 aliphatic rings. The van der Waals surface area contributed by atoms with Gasteiger partial charge in [0.05, 0.1) is 12.5 Å². The van der Waals surface area contributed by atoms with Crippen LogP contribution >= 0.6 is 0 Å². The first-order valence-corrected chi connectivity index (χ1v) is 7.98. The lowest BCUT2D eigenvalue weighted by molar-refractivity contribution is -0.125. The van der Waals surface area contributed by atoms with Gasteiger partial charge in [-0.2, -0.15) is 0 Å². The third-order valence-corrected chi connectivity index (χ3v) is 4.51. The molecule has 1 aromatic rings. The molecule has 2 aliphatic heterocycles. The lowest BCUT2D eigenvalue weighted by atomic mass is 9.88. The fourth-order valence-electron chi connectivity index (χ4n) is 3.40. The summed E-state index contributed by atoms with van der Waals surface area (Å²) in [5.41, 5.74) is 1.19. The van der Waals surface area contributed by atoms with Crippen LogP contribution in [0.1, 0.15) is 31.2 Å². The van der Waals surface area contributed by atoms with Crippen LogP contribution in [0.2, 0.25) is 0 Å². The average Bonchev–Trinajstić information content (AvgIpc) is 3.14. The van der Waals surface area contributed by atoms with Crippen LogP contribution in [-0.2, 0) is 16.1 Å². The first-order chi connectivity index (χ1) is 10.3. The number of fused-ring (bicyclic) bond motifs is 2. The van der Waals surface area contributed by atoms with Gasteiger partial charge in [-0.05, 0) is 31.2 Å². The van der Waals surface area contributed by atoms with Crippen molar-refractivity contribution < 1.29 is 9.53 Å². The molecule has 0 aromatic heterocycles. The number of carbonyl (C=O) groups is 1. The number of rotatable bonds is 7. The van der Waals surface area contributed by atoms with Crippen molar-refractivity contribution in [3.8, 4) is 0 Å². The van der Waals surface area contributed by atoms with E-state index in [2.05, 4.69) is 22.8 Å². The van der Waals surface area contributed by atoms with Gasteiger partial charge in [0.25, 0.3) is 0 Å². The van der Waals surface area contributed by atoms with E-state index in [9.17, 15) is 4.79 Å². The highest BCUT2D eigenvalue weighted by atomic mass is 16.5. The highest BCUT2D eigenvalue weighted by Crippen LogP contribution is 2.33. The molecule has 4 heteroatoms. The molecular formula is C17H24N2O2. The number of carbonyl (C=O) groups excluding carboxylic acids is 1. The second kappa shape index (κ2) is 7.05. The molecule has 2 heterocycles. The van der Waals surface area contributed by atoms with Crippen LogP contribution in [0.4, 0.5) is 0 Å². The SMILES string of the molecule is O=C(NCCCOCc1ccccc1)C1CC2CCC1N2. The summed E-state index contributed by atoms with van der Waals surface area (Å²) in [7, 11) is 0. The van der Waals surface area contributed by atoms with E-state index < -0.39 is 0 Å². The summed E-state index contributed by atoms with van der Waals surface area (Å²) in [4.78, 5) is 12.1. The van der Waals surface area contributed by atoms with Crippen molar-refractivity contribution in [1.29, 1.82) is 0 Å². The molecule has 21 heavy (non-hydrogen) atoms. The minimum Gasteiger partial charge on any atom is -0.377 e. The topological polar surface area (TPSA) is 50.4 Å². The van der Waals surface area contributed by atoms with E-state index in [4.69, 9.17) is 4.74 Å². The Labute approximate surface area is 126 Å². The fourth-order valence-corrected chi connectivity index (χ4v) is 3.40. The van der Waals surface area contributed by atoms with Gasteiger partial charge in [-0.25, -0.2) is 0 Å². The van der Waals surface area contributed by atoms with Gasteiger partial charge in [0.15, 0.2) is 0 Å². The summed E-state index contributed by atoms with van der Waals surface area (Å²) in [5.74, 6) is 0.409. The monoisotopic (exact) mass is 288 g/mol. The number of hydrogen-bond donors (Lipinski definition) is 2. The Balaban J connectivity index is 1.26. The molecule has 0 radical (unpaired) electrons. The van der Waals surface area contributed by atoms with Gasteiger partial charge in [-0.3, -0.25) is 4.79 Å². The summed E-state index contributed by atoms with van der Waals surface area (Å²) >= 11 is 0. The third kappa shape index (κ3) is 3.83. The fraction of sp³-hybridized carbons (Fsp3) is 0.588. The predicted octanol–water partition coefficient (Wildman–Crippen LogP) is 1.85. The van der Waals surface area contributed by atoms with E-state index >= 15 is 0 Å². The molecule has 0 aliphatic carbocycles. The normalized spacial score (nSPS) is 27.0. The molecule has 0 spiro atoms. The van der Waals surface area contributed by atoms with Crippen LogP contribution in [0.3, 0.4) is 0 Å². The van der Waals surface area contributed by atoms with Crippen molar-refractivity contribution >= 4 is 5.91 Å². The van der Waals surface area contributed by atoms with Gasteiger partial charge < -0.3 is 15.4 Å². The van der Waals surface area contributed by atoms with Gasteiger partial charge in [-0.15, -0.1) is 0 Å². The predicted molar refractivity (Wildman–Crippen MR) is 81.8 cm³/mol. The largest absolute Gasteiger partial charge is 0.377 e. The molecule has 3 atom stereocenters. The van der Waals surface area contributed by atoms with Crippen molar-refractivity contribution in [3.05, 3.63) is 35.9 Å². The Morgan fingerprint density at radius 3 is 2.86 bits per heavy atom. The third-order valence-electron chi connectivity index (χ3n) is 4.51. The van der Waals surface area contributed by atoms with Gasteiger partial charge >= 0.3 is 0 Å². The van der Waals surface area contributed by atoms with Gasteiger partial charge in [0.1, 0.15) is 0 Å². The van der Waals surface area contributed by atoms with E-state index in [1.165, 1.54) is 12.0 Å². The molecule has 0 saturated carbocycles. The smallest absolute Gasteiger partial charge is 0.224 e. The zero-order valence-electron chi connectivity index (χ0n) is 12.4. The van der Waals surface area contributed by atoms with E-state index in [1.54, 1.807) is 0 Å². The number of amides is 1. The number of nitrogens with one attached hydrogen (secondary N) is 2.